The number of rotatable bonds is 8. The molecule has 13 heteroatoms. The highest BCUT2D eigenvalue weighted by Crippen LogP contribution is 2.39. The minimum absolute atomic E-state index is 0.0381. The zero-order valence-electron chi connectivity index (χ0n) is 20.6. The first kappa shape index (κ1) is 26.4. The van der Waals surface area contributed by atoms with Crippen molar-refractivity contribution in [2.45, 2.75) is 57.0 Å². The molecular weight excluding hydrogens is 523 g/mol. The summed E-state index contributed by atoms with van der Waals surface area (Å²) >= 11 is 0. The van der Waals surface area contributed by atoms with Gasteiger partial charge in [-0.25, -0.2) is 23.8 Å². The highest BCUT2D eigenvalue weighted by atomic mass is 19.4. The molecule has 2 N–H and O–H groups in total. The Hall–Kier alpha value is -4.16. The van der Waals surface area contributed by atoms with E-state index in [4.69, 9.17) is 0 Å². The number of fused-ring (bicyclic) bond motifs is 1. The van der Waals surface area contributed by atoms with Crippen LogP contribution < -0.4 is 16.4 Å². The Morgan fingerprint density at radius 1 is 1.15 bits per heavy atom. The summed E-state index contributed by atoms with van der Waals surface area (Å²) < 4.78 is 70.7. The number of aromatic amines is 1. The van der Waals surface area contributed by atoms with Crippen LogP contribution in [0.4, 0.5) is 27.6 Å². The first-order valence-electron chi connectivity index (χ1n) is 12.2. The molecule has 1 fully saturated rings. The number of benzene rings is 1. The number of anilines is 1. The zero-order chi connectivity index (χ0) is 27.9. The number of hydrogen-bond donors (Lipinski definition) is 2. The lowest BCUT2D eigenvalue weighted by Crippen LogP contribution is -2.30. The van der Waals surface area contributed by atoms with Crippen LogP contribution in [-0.4, -0.2) is 36.9 Å². The van der Waals surface area contributed by atoms with Gasteiger partial charge in [0.05, 0.1) is 29.4 Å². The summed E-state index contributed by atoms with van der Waals surface area (Å²) in [5.74, 6) is -0.0511. The van der Waals surface area contributed by atoms with E-state index in [1.165, 1.54) is 19.2 Å². The van der Waals surface area contributed by atoms with Gasteiger partial charge in [-0.15, -0.1) is 0 Å². The van der Waals surface area contributed by atoms with E-state index in [1.807, 2.05) is 0 Å². The summed E-state index contributed by atoms with van der Waals surface area (Å²) in [4.78, 5) is 33.1. The van der Waals surface area contributed by atoms with Gasteiger partial charge in [-0.2, -0.15) is 18.3 Å². The Balaban J connectivity index is 1.31. The minimum atomic E-state index is -4.94. The van der Waals surface area contributed by atoms with Crippen LogP contribution in [0.3, 0.4) is 0 Å². The maximum absolute atomic E-state index is 15.0. The van der Waals surface area contributed by atoms with Crippen LogP contribution in [0.1, 0.15) is 43.2 Å². The molecule has 0 saturated heterocycles. The molecule has 0 unspecified atom stereocenters. The average Bonchev–Trinajstić information content (AvgIpc) is 3.71. The number of nitrogens with one attached hydrogen (secondary N) is 2. The van der Waals surface area contributed by atoms with Crippen molar-refractivity contribution in [1.82, 2.24) is 24.7 Å². The van der Waals surface area contributed by atoms with Crippen molar-refractivity contribution >= 4 is 16.5 Å². The second-order valence-corrected chi connectivity index (χ2v) is 9.67. The molecule has 39 heavy (non-hydrogen) atoms. The molecule has 4 aromatic rings. The molecular formula is C26H23F5N6O2. The van der Waals surface area contributed by atoms with Gasteiger partial charge in [0.2, 0.25) is 0 Å². The maximum atomic E-state index is 15.0. The average molecular weight is 547 g/mol. The molecule has 0 spiro atoms. The van der Waals surface area contributed by atoms with Gasteiger partial charge in [0.1, 0.15) is 17.6 Å². The second kappa shape index (κ2) is 10.2. The number of pyridine rings is 1. The lowest BCUT2D eigenvalue weighted by Gasteiger charge is -2.20. The van der Waals surface area contributed by atoms with Crippen molar-refractivity contribution < 1.29 is 22.0 Å². The van der Waals surface area contributed by atoms with Gasteiger partial charge < -0.3 is 9.88 Å². The largest absolute Gasteiger partial charge is 0.423 e. The lowest BCUT2D eigenvalue weighted by atomic mass is 10.1. The van der Waals surface area contributed by atoms with E-state index in [0.717, 1.165) is 35.2 Å². The Bertz CT molecular complexity index is 1630. The molecule has 0 amide bonds. The molecule has 5 rings (SSSR count). The fourth-order valence-electron chi connectivity index (χ4n) is 4.51. The number of H-pyrrole nitrogens is 1. The Labute approximate surface area is 217 Å². The van der Waals surface area contributed by atoms with Crippen LogP contribution in [-0.2, 0) is 12.7 Å². The molecule has 1 aliphatic rings. The topological polar surface area (TPSA) is 106 Å². The highest BCUT2D eigenvalue weighted by molar-refractivity contribution is 5.86. The quantitative estimate of drug-likeness (QED) is 0.308. The van der Waals surface area contributed by atoms with Crippen LogP contribution in [0.25, 0.3) is 22.2 Å². The number of aromatic nitrogens is 5. The summed E-state index contributed by atoms with van der Waals surface area (Å²) in [5.41, 5.74) is -2.94. The normalized spacial score (nSPS) is 15.3. The first-order valence-corrected chi connectivity index (χ1v) is 12.2. The Morgan fingerprint density at radius 3 is 2.54 bits per heavy atom. The predicted molar refractivity (Wildman–Crippen MR) is 134 cm³/mol. The monoisotopic (exact) mass is 546 g/mol. The fourth-order valence-corrected chi connectivity index (χ4v) is 4.51. The van der Waals surface area contributed by atoms with Crippen molar-refractivity contribution in [2.75, 3.05) is 5.32 Å². The summed E-state index contributed by atoms with van der Waals surface area (Å²) in [5, 5.41) is 8.03. The minimum Gasteiger partial charge on any atom is -0.381 e. The van der Waals surface area contributed by atoms with Crippen molar-refractivity contribution in [1.29, 1.82) is 0 Å². The van der Waals surface area contributed by atoms with Crippen LogP contribution in [0, 0.1) is 5.82 Å². The molecule has 2 atom stereocenters. The van der Waals surface area contributed by atoms with E-state index in [2.05, 4.69) is 20.4 Å². The van der Waals surface area contributed by atoms with Crippen molar-refractivity contribution in [2.24, 2.45) is 0 Å². The summed E-state index contributed by atoms with van der Waals surface area (Å²) in [7, 11) is 0. The van der Waals surface area contributed by atoms with Crippen LogP contribution >= 0.6 is 0 Å². The summed E-state index contributed by atoms with van der Waals surface area (Å²) in [6.45, 7) is 1.03. The van der Waals surface area contributed by atoms with Crippen molar-refractivity contribution in [3.05, 3.63) is 80.6 Å². The van der Waals surface area contributed by atoms with Crippen molar-refractivity contribution in [3.8, 4) is 11.4 Å². The summed E-state index contributed by atoms with van der Waals surface area (Å²) in [6, 6.07) is 3.24. The standard InChI is InChI=1S/C26H23F5N6O2/c1-13(35-21-11-34-36-24(38)22(21)26(29,30)31)6-17(27)12-37-5-4-15-7-19(20(28)8-18(15)25(37)39)23-32-9-16(10-33-23)14-2-3-14/h4-5,7-11,13-14,17H,2-3,6,12H2,1H3,(H2,35,36,38)/t13-,17-/m0/s1. The van der Waals surface area contributed by atoms with Gasteiger partial charge >= 0.3 is 6.18 Å². The predicted octanol–water partition coefficient (Wildman–Crippen LogP) is 4.81. The number of alkyl halides is 4. The van der Waals surface area contributed by atoms with E-state index < -0.39 is 53.1 Å². The molecule has 1 aromatic carbocycles. The molecule has 0 bridgehead atoms. The number of nitrogens with zero attached hydrogens (tertiary/aromatic N) is 4. The van der Waals surface area contributed by atoms with Crippen LogP contribution in [0.2, 0.25) is 0 Å². The molecule has 0 aliphatic heterocycles. The second-order valence-electron chi connectivity index (χ2n) is 9.67. The van der Waals surface area contributed by atoms with Gasteiger partial charge in [0, 0.05) is 31.1 Å². The fraction of sp³-hybridized carbons (Fsp3) is 0.346. The van der Waals surface area contributed by atoms with Gasteiger partial charge in [0.25, 0.3) is 11.1 Å². The lowest BCUT2D eigenvalue weighted by molar-refractivity contribution is -0.138. The molecule has 204 valence electrons. The van der Waals surface area contributed by atoms with Crippen LogP contribution in [0.5, 0.6) is 0 Å². The third-order valence-corrected chi connectivity index (χ3v) is 6.57. The van der Waals surface area contributed by atoms with Gasteiger partial charge in [-0.1, -0.05) is 0 Å². The third-order valence-electron chi connectivity index (χ3n) is 6.57. The maximum Gasteiger partial charge on any atom is 0.423 e. The zero-order valence-corrected chi connectivity index (χ0v) is 20.6. The molecule has 3 aromatic heterocycles. The molecule has 1 aliphatic carbocycles. The molecule has 1 saturated carbocycles. The van der Waals surface area contributed by atoms with E-state index in [1.54, 1.807) is 23.6 Å². The van der Waals surface area contributed by atoms with Gasteiger partial charge in [-0.05, 0) is 54.8 Å². The Morgan fingerprint density at radius 2 is 1.87 bits per heavy atom. The van der Waals surface area contributed by atoms with Gasteiger partial charge in [-0.3, -0.25) is 9.59 Å². The first-order chi connectivity index (χ1) is 18.5. The van der Waals surface area contributed by atoms with Crippen molar-refractivity contribution in [3.63, 3.8) is 0 Å². The number of hydrogen-bond acceptors (Lipinski definition) is 6. The number of halogens is 5. The highest BCUT2D eigenvalue weighted by Gasteiger charge is 2.37. The third kappa shape index (κ3) is 5.66. The molecule has 8 nitrogen and oxygen atoms in total. The summed E-state index contributed by atoms with van der Waals surface area (Å²) in [6.07, 6.45) is 0.828. The van der Waals surface area contributed by atoms with E-state index >= 15 is 0 Å². The van der Waals surface area contributed by atoms with E-state index in [-0.39, 0.29) is 23.2 Å². The smallest absolute Gasteiger partial charge is 0.381 e. The Kier molecular flexibility index (Phi) is 6.91. The van der Waals surface area contributed by atoms with E-state index in [9.17, 15) is 31.5 Å². The van der Waals surface area contributed by atoms with E-state index in [0.29, 0.717) is 11.3 Å². The van der Waals surface area contributed by atoms with Crippen LogP contribution in [0.15, 0.2) is 52.6 Å². The van der Waals surface area contributed by atoms with Gasteiger partial charge in [0.15, 0.2) is 5.82 Å². The molecule has 3 heterocycles. The molecule has 0 radical (unpaired) electrons. The SMILES string of the molecule is C[C@@H](C[C@H](F)Cn1ccc2cc(-c3ncc(C4CC4)cn3)c(F)cc2c1=O)Nc1cn[nH]c(=O)c1C(F)(F)F.